The van der Waals surface area contributed by atoms with E-state index >= 15 is 0 Å². The van der Waals surface area contributed by atoms with Crippen molar-refractivity contribution < 1.29 is 19.1 Å². The Bertz CT molecular complexity index is 704. The largest absolute Gasteiger partial charge is 0.479 e. The van der Waals surface area contributed by atoms with Crippen molar-refractivity contribution in [2.45, 2.75) is 6.04 Å². The van der Waals surface area contributed by atoms with E-state index in [-0.39, 0.29) is 16.3 Å². The quantitative estimate of drug-likeness (QED) is 0.826. The smallest absolute Gasteiger partial charge is 0.331 e. The maximum Gasteiger partial charge on any atom is 0.331 e. The van der Waals surface area contributed by atoms with E-state index in [9.17, 15) is 19.1 Å². The molecule has 1 unspecified atom stereocenters. The predicted molar refractivity (Wildman–Crippen MR) is 70.3 cm³/mol. The Morgan fingerprint density at radius 3 is 2.76 bits per heavy atom. The molecule has 0 fully saturated rings. The lowest BCUT2D eigenvalue weighted by molar-refractivity contribution is -0.139. The molecule has 7 nitrogen and oxygen atoms in total. The molecule has 0 aliphatic carbocycles. The molecule has 2 aromatic heterocycles. The van der Waals surface area contributed by atoms with E-state index in [1.54, 1.807) is 7.05 Å². The van der Waals surface area contributed by atoms with E-state index in [1.807, 2.05) is 0 Å². The van der Waals surface area contributed by atoms with Crippen LogP contribution in [0, 0.1) is 5.82 Å². The first-order valence-corrected chi connectivity index (χ1v) is 6.09. The third kappa shape index (κ3) is 3.34. The summed E-state index contributed by atoms with van der Waals surface area (Å²) in [6.45, 7) is 0. The molecule has 0 saturated heterocycles. The van der Waals surface area contributed by atoms with Crippen LogP contribution in [0.5, 0.6) is 0 Å². The van der Waals surface area contributed by atoms with Gasteiger partial charge < -0.3 is 10.4 Å². The SMILES string of the molecule is Cn1cc(C(NC(=O)c2cc(F)cnc2Cl)C(=O)O)cn1. The summed E-state index contributed by atoms with van der Waals surface area (Å²) in [4.78, 5) is 26.8. The van der Waals surface area contributed by atoms with E-state index < -0.39 is 23.7 Å². The molecule has 0 radical (unpaired) electrons. The Balaban J connectivity index is 2.27. The van der Waals surface area contributed by atoms with Crippen LogP contribution in [0.15, 0.2) is 24.7 Å². The van der Waals surface area contributed by atoms with Gasteiger partial charge in [0.05, 0.1) is 18.0 Å². The number of halogens is 2. The molecule has 0 saturated carbocycles. The van der Waals surface area contributed by atoms with Crippen LogP contribution in [-0.4, -0.2) is 31.7 Å². The summed E-state index contributed by atoms with van der Waals surface area (Å²) in [5.74, 6) is -2.88. The molecule has 2 rings (SSSR count). The van der Waals surface area contributed by atoms with Crippen LogP contribution in [0.3, 0.4) is 0 Å². The topological polar surface area (TPSA) is 97.1 Å². The highest BCUT2D eigenvalue weighted by molar-refractivity contribution is 6.32. The normalized spacial score (nSPS) is 12.0. The minimum atomic E-state index is -1.33. The Labute approximate surface area is 123 Å². The van der Waals surface area contributed by atoms with Gasteiger partial charge in [-0.2, -0.15) is 5.10 Å². The number of carbonyl (C=O) groups is 2. The molecule has 2 aromatic rings. The monoisotopic (exact) mass is 312 g/mol. The lowest BCUT2D eigenvalue weighted by atomic mass is 10.1. The van der Waals surface area contributed by atoms with Gasteiger partial charge in [0, 0.05) is 18.8 Å². The van der Waals surface area contributed by atoms with Gasteiger partial charge in [-0.15, -0.1) is 0 Å². The average molecular weight is 313 g/mol. The molecule has 110 valence electrons. The summed E-state index contributed by atoms with van der Waals surface area (Å²) < 4.78 is 14.5. The first-order chi connectivity index (χ1) is 9.88. The second-order valence-electron chi connectivity index (χ2n) is 4.18. The Hall–Kier alpha value is -2.48. The van der Waals surface area contributed by atoms with E-state index in [1.165, 1.54) is 17.1 Å². The molecule has 1 amide bonds. The van der Waals surface area contributed by atoms with Crippen LogP contribution >= 0.6 is 11.6 Å². The van der Waals surface area contributed by atoms with Gasteiger partial charge in [-0.1, -0.05) is 11.6 Å². The fraction of sp³-hybridized carbons (Fsp3) is 0.167. The van der Waals surface area contributed by atoms with Gasteiger partial charge in [-0.05, 0) is 6.07 Å². The van der Waals surface area contributed by atoms with Gasteiger partial charge in [-0.3, -0.25) is 9.48 Å². The van der Waals surface area contributed by atoms with Crippen LogP contribution < -0.4 is 5.32 Å². The molecule has 0 aliphatic rings. The molecule has 2 heterocycles. The second kappa shape index (κ2) is 5.88. The van der Waals surface area contributed by atoms with Crippen LogP contribution in [0.2, 0.25) is 5.15 Å². The number of carboxylic acid groups (broad SMARTS) is 1. The summed E-state index contributed by atoms with van der Waals surface area (Å²) in [6.07, 6.45) is 3.61. The Kier molecular flexibility index (Phi) is 4.18. The van der Waals surface area contributed by atoms with Crippen LogP contribution in [-0.2, 0) is 11.8 Å². The van der Waals surface area contributed by atoms with E-state index in [4.69, 9.17) is 11.6 Å². The van der Waals surface area contributed by atoms with E-state index in [0.717, 1.165) is 12.3 Å². The molecule has 0 spiro atoms. The highest BCUT2D eigenvalue weighted by Crippen LogP contribution is 2.17. The van der Waals surface area contributed by atoms with Crippen molar-refractivity contribution in [3.8, 4) is 0 Å². The molecule has 0 aromatic carbocycles. The lowest BCUT2D eigenvalue weighted by Crippen LogP contribution is -2.33. The first-order valence-electron chi connectivity index (χ1n) is 5.71. The van der Waals surface area contributed by atoms with Gasteiger partial charge in [-0.25, -0.2) is 14.2 Å². The number of aromatic nitrogens is 3. The molecule has 2 N–H and O–H groups in total. The minimum absolute atomic E-state index is 0.218. The number of carbonyl (C=O) groups excluding carboxylic acids is 1. The van der Waals surface area contributed by atoms with E-state index in [2.05, 4.69) is 15.4 Å². The zero-order valence-electron chi connectivity index (χ0n) is 10.7. The number of hydrogen-bond donors (Lipinski definition) is 2. The first kappa shape index (κ1) is 14.9. The zero-order chi connectivity index (χ0) is 15.6. The Morgan fingerprint density at radius 1 is 1.48 bits per heavy atom. The molecule has 21 heavy (non-hydrogen) atoms. The molecule has 0 aliphatic heterocycles. The van der Waals surface area contributed by atoms with Crippen molar-refractivity contribution in [3.05, 3.63) is 46.8 Å². The molecule has 0 bridgehead atoms. The number of carboxylic acids is 1. The summed E-state index contributed by atoms with van der Waals surface area (Å²) in [7, 11) is 1.61. The van der Waals surface area contributed by atoms with Crippen molar-refractivity contribution in [2.75, 3.05) is 0 Å². The average Bonchev–Trinajstić information content (AvgIpc) is 2.84. The highest BCUT2D eigenvalue weighted by Gasteiger charge is 2.25. The number of rotatable bonds is 4. The molecule has 9 heteroatoms. The van der Waals surface area contributed by atoms with Gasteiger partial charge in [0.1, 0.15) is 11.0 Å². The highest BCUT2D eigenvalue weighted by atomic mass is 35.5. The fourth-order valence-corrected chi connectivity index (χ4v) is 1.86. The summed E-state index contributed by atoms with van der Waals surface area (Å²) in [5, 5.41) is 15.0. The molecular weight excluding hydrogens is 303 g/mol. The molecular formula is C12H10ClFN4O3. The van der Waals surface area contributed by atoms with Crippen LogP contribution in [0.4, 0.5) is 4.39 Å². The van der Waals surface area contributed by atoms with Gasteiger partial charge in [0.25, 0.3) is 5.91 Å². The second-order valence-corrected chi connectivity index (χ2v) is 4.54. The number of pyridine rings is 1. The number of hydrogen-bond acceptors (Lipinski definition) is 4. The van der Waals surface area contributed by atoms with Crippen molar-refractivity contribution in [2.24, 2.45) is 7.05 Å². The van der Waals surface area contributed by atoms with Gasteiger partial charge >= 0.3 is 5.97 Å². The third-order valence-corrected chi connectivity index (χ3v) is 2.93. The van der Waals surface area contributed by atoms with Crippen molar-refractivity contribution in [1.29, 1.82) is 0 Å². The fourth-order valence-electron chi connectivity index (χ4n) is 1.67. The maximum absolute atomic E-state index is 13.1. The van der Waals surface area contributed by atoms with Crippen molar-refractivity contribution >= 4 is 23.5 Å². The molecule has 1 atom stereocenters. The summed E-state index contributed by atoms with van der Waals surface area (Å²) in [6, 6.07) is -0.446. The third-order valence-electron chi connectivity index (χ3n) is 2.63. The maximum atomic E-state index is 13.1. The summed E-state index contributed by atoms with van der Waals surface area (Å²) >= 11 is 5.70. The van der Waals surface area contributed by atoms with Gasteiger partial charge in [0.15, 0.2) is 6.04 Å². The standard InChI is InChI=1S/C12H10ClFN4O3/c1-18-5-6(3-16-18)9(12(20)21)17-11(19)8-2-7(14)4-15-10(8)13/h2-5,9H,1H3,(H,17,19)(H,20,21). The van der Waals surface area contributed by atoms with Crippen LogP contribution in [0.1, 0.15) is 22.0 Å². The van der Waals surface area contributed by atoms with Crippen LogP contribution in [0.25, 0.3) is 0 Å². The summed E-state index contributed by atoms with van der Waals surface area (Å²) in [5.41, 5.74) is 0.0330. The number of nitrogens with one attached hydrogen (secondary N) is 1. The van der Waals surface area contributed by atoms with Gasteiger partial charge in [0.2, 0.25) is 0 Å². The zero-order valence-corrected chi connectivity index (χ0v) is 11.5. The number of aryl methyl sites for hydroxylation is 1. The Morgan fingerprint density at radius 2 is 2.19 bits per heavy atom. The number of nitrogens with zero attached hydrogens (tertiary/aromatic N) is 3. The lowest BCUT2D eigenvalue weighted by Gasteiger charge is -2.13. The predicted octanol–water partition coefficient (Wildman–Crippen LogP) is 1.16. The number of amides is 1. The van der Waals surface area contributed by atoms with E-state index in [0.29, 0.717) is 0 Å². The van der Waals surface area contributed by atoms with Crippen molar-refractivity contribution in [3.63, 3.8) is 0 Å². The van der Waals surface area contributed by atoms with Crippen molar-refractivity contribution in [1.82, 2.24) is 20.1 Å². The number of aliphatic carboxylic acids is 1. The minimum Gasteiger partial charge on any atom is -0.479 e.